The summed E-state index contributed by atoms with van der Waals surface area (Å²) >= 11 is 5.70. The number of hydrogen-bond acceptors (Lipinski definition) is 5. The van der Waals surface area contributed by atoms with Crippen molar-refractivity contribution in [2.45, 2.75) is 18.3 Å². The van der Waals surface area contributed by atoms with E-state index in [0.29, 0.717) is 12.3 Å². The van der Waals surface area contributed by atoms with E-state index in [2.05, 4.69) is 15.3 Å². The standard InChI is InChI=1S/C18H16ClF3N4O/c19-12-4-8-15(24-9-12)16(18(20,21)22)25-13-5-1-11(2-6-13)3-7-14-10-27-17(23)26-14/h1-9,14,16,25H,10H2,(H2,23,26). The lowest BCUT2D eigenvalue weighted by Crippen LogP contribution is -2.28. The van der Waals surface area contributed by atoms with E-state index in [1.165, 1.54) is 18.3 Å². The van der Waals surface area contributed by atoms with Gasteiger partial charge in [-0.05, 0) is 29.8 Å². The summed E-state index contributed by atoms with van der Waals surface area (Å²) in [7, 11) is 0. The molecule has 3 rings (SSSR count). The summed E-state index contributed by atoms with van der Waals surface area (Å²) in [5.41, 5.74) is 6.40. The first-order chi connectivity index (χ1) is 12.8. The largest absolute Gasteiger partial charge is 0.463 e. The van der Waals surface area contributed by atoms with Crippen LogP contribution in [0, 0.1) is 0 Å². The fraction of sp³-hybridized carbons (Fsp3) is 0.222. The Hall–Kier alpha value is -2.74. The normalized spacial score (nSPS) is 18.2. The lowest BCUT2D eigenvalue weighted by Gasteiger charge is -2.22. The Balaban J connectivity index is 1.71. The van der Waals surface area contributed by atoms with Gasteiger partial charge in [-0.15, -0.1) is 0 Å². The first kappa shape index (κ1) is 19.0. The predicted molar refractivity (Wildman–Crippen MR) is 98.5 cm³/mol. The average molecular weight is 397 g/mol. The van der Waals surface area contributed by atoms with Gasteiger partial charge < -0.3 is 15.8 Å². The molecule has 2 atom stereocenters. The van der Waals surface area contributed by atoms with Crippen LogP contribution in [0.3, 0.4) is 0 Å². The third kappa shape index (κ3) is 5.13. The maximum Gasteiger partial charge on any atom is 0.414 e. The number of aromatic nitrogens is 1. The van der Waals surface area contributed by atoms with E-state index in [4.69, 9.17) is 22.1 Å². The Kier molecular flexibility index (Phi) is 5.55. The monoisotopic (exact) mass is 396 g/mol. The molecular weight excluding hydrogens is 381 g/mol. The molecule has 5 nitrogen and oxygen atoms in total. The molecule has 0 fully saturated rings. The number of aliphatic imine (C=N–C) groups is 1. The number of halogens is 4. The summed E-state index contributed by atoms with van der Waals surface area (Å²) < 4.78 is 45.3. The van der Waals surface area contributed by atoms with Gasteiger partial charge in [-0.25, -0.2) is 4.99 Å². The molecule has 142 valence electrons. The van der Waals surface area contributed by atoms with E-state index in [0.717, 1.165) is 5.56 Å². The second-order valence-electron chi connectivity index (χ2n) is 5.85. The highest BCUT2D eigenvalue weighted by atomic mass is 35.5. The van der Waals surface area contributed by atoms with Crippen LogP contribution in [0.5, 0.6) is 0 Å². The fourth-order valence-corrected chi connectivity index (χ4v) is 2.58. The fourth-order valence-electron chi connectivity index (χ4n) is 2.47. The molecule has 9 heteroatoms. The number of alkyl halides is 3. The van der Waals surface area contributed by atoms with Crippen molar-refractivity contribution in [3.05, 3.63) is 65.0 Å². The third-order valence-corrected chi connectivity index (χ3v) is 4.02. The van der Waals surface area contributed by atoms with Crippen LogP contribution in [0.25, 0.3) is 6.08 Å². The van der Waals surface area contributed by atoms with Crippen molar-refractivity contribution in [1.82, 2.24) is 4.98 Å². The second kappa shape index (κ2) is 7.87. The van der Waals surface area contributed by atoms with Crippen LogP contribution in [-0.2, 0) is 4.74 Å². The predicted octanol–water partition coefficient (Wildman–Crippen LogP) is 4.18. The van der Waals surface area contributed by atoms with Crippen molar-refractivity contribution in [2.24, 2.45) is 10.7 Å². The number of nitrogens with one attached hydrogen (secondary N) is 1. The van der Waals surface area contributed by atoms with Gasteiger partial charge in [-0.1, -0.05) is 35.9 Å². The van der Waals surface area contributed by atoms with Crippen molar-refractivity contribution in [3.63, 3.8) is 0 Å². The van der Waals surface area contributed by atoms with E-state index in [1.54, 1.807) is 24.3 Å². The van der Waals surface area contributed by atoms with Gasteiger partial charge in [-0.3, -0.25) is 4.98 Å². The Morgan fingerprint density at radius 3 is 2.52 bits per heavy atom. The Labute approximate surface area is 158 Å². The average Bonchev–Trinajstić information content (AvgIpc) is 3.04. The minimum absolute atomic E-state index is 0.151. The summed E-state index contributed by atoms with van der Waals surface area (Å²) in [6.07, 6.45) is 0.299. The number of rotatable bonds is 5. The summed E-state index contributed by atoms with van der Waals surface area (Å²) in [4.78, 5) is 7.84. The van der Waals surface area contributed by atoms with Gasteiger partial charge in [0, 0.05) is 11.9 Å². The van der Waals surface area contributed by atoms with E-state index in [9.17, 15) is 13.2 Å². The number of nitrogens with zero attached hydrogens (tertiary/aromatic N) is 2. The van der Waals surface area contributed by atoms with Gasteiger partial charge in [0.05, 0.1) is 10.7 Å². The van der Waals surface area contributed by atoms with E-state index in [-0.39, 0.29) is 22.8 Å². The summed E-state index contributed by atoms with van der Waals surface area (Å²) in [6.45, 7) is 0.378. The van der Waals surface area contributed by atoms with Crippen LogP contribution in [0.1, 0.15) is 17.3 Å². The third-order valence-electron chi connectivity index (χ3n) is 3.80. The minimum Gasteiger partial charge on any atom is -0.463 e. The molecule has 1 aromatic carbocycles. The van der Waals surface area contributed by atoms with Crippen LogP contribution >= 0.6 is 11.6 Å². The Morgan fingerprint density at radius 1 is 1.22 bits per heavy atom. The molecule has 0 radical (unpaired) electrons. The molecule has 0 spiro atoms. The lowest BCUT2D eigenvalue weighted by molar-refractivity contribution is -0.144. The lowest BCUT2D eigenvalue weighted by atomic mass is 10.1. The number of nitrogens with two attached hydrogens (primary N) is 1. The highest BCUT2D eigenvalue weighted by Gasteiger charge is 2.41. The van der Waals surface area contributed by atoms with Crippen molar-refractivity contribution >= 4 is 29.4 Å². The summed E-state index contributed by atoms with van der Waals surface area (Å²) in [5, 5.41) is 2.74. The van der Waals surface area contributed by atoms with Crippen LogP contribution in [0.15, 0.2) is 53.7 Å². The van der Waals surface area contributed by atoms with Crippen molar-refractivity contribution in [1.29, 1.82) is 0 Å². The number of benzene rings is 1. The molecule has 0 bridgehead atoms. The number of amidine groups is 1. The van der Waals surface area contributed by atoms with Crippen LogP contribution < -0.4 is 11.1 Å². The van der Waals surface area contributed by atoms with Crippen molar-refractivity contribution in [2.75, 3.05) is 11.9 Å². The maximum atomic E-state index is 13.4. The Morgan fingerprint density at radius 2 is 1.96 bits per heavy atom. The van der Waals surface area contributed by atoms with Crippen LogP contribution in [-0.4, -0.2) is 29.8 Å². The first-order valence-corrected chi connectivity index (χ1v) is 8.38. The SMILES string of the molecule is NC1=NC(C=Cc2ccc(NC(c3ccc(Cl)cn3)C(F)(F)F)cc2)CO1. The molecule has 2 heterocycles. The van der Waals surface area contributed by atoms with Gasteiger partial charge in [-0.2, -0.15) is 13.2 Å². The molecule has 0 saturated heterocycles. The van der Waals surface area contributed by atoms with E-state index in [1.807, 2.05) is 12.2 Å². The van der Waals surface area contributed by atoms with Gasteiger partial charge >= 0.3 is 6.18 Å². The first-order valence-electron chi connectivity index (χ1n) is 8.00. The number of ether oxygens (including phenoxy) is 1. The molecule has 27 heavy (non-hydrogen) atoms. The zero-order valence-corrected chi connectivity index (χ0v) is 14.7. The summed E-state index contributed by atoms with van der Waals surface area (Å²) in [5.74, 6) is 0. The molecule has 0 amide bonds. The van der Waals surface area contributed by atoms with Gasteiger partial charge in [0.25, 0.3) is 6.02 Å². The molecule has 0 saturated carbocycles. The molecule has 2 unspecified atom stereocenters. The number of pyridine rings is 1. The maximum absolute atomic E-state index is 13.4. The van der Waals surface area contributed by atoms with Crippen molar-refractivity contribution in [3.8, 4) is 0 Å². The number of anilines is 1. The molecule has 2 aromatic rings. The zero-order chi connectivity index (χ0) is 19.4. The topological polar surface area (TPSA) is 72.5 Å². The molecular formula is C18H16ClF3N4O. The van der Waals surface area contributed by atoms with Crippen LogP contribution in [0.4, 0.5) is 18.9 Å². The number of hydrogen-bond donors (Lipinski definition) is 2. The molecule has 1 aliphatic rings. The van der Waals surface area contributed by atoms with E-state index >= 15 is 0 Å². The zero-order valence-electron chi connectivity index (χ0n) is 13.9. The van der Waals surface area contributed by atoms with E-state index < -0.39 is 12.2 Å². The summed E-state index contributed by atoms with van der Waals surface area (Å²) in [6, 6.07) is 7.21. The second-order valence-corrected chi connectivity index (χ2v) is 6.28. The molecule has 1 aliphatic heterocycles. The van der Waals surface area contributed by atoms with Crippen molar-refractivity contribution < 1.29 is 17.9 Å². The van der Waals surface area contributed by atoms with Gasteiger partial charge in [0.2, 0.25) is 0 Å². The molecule has 0 aliphatic carbocycles. The van der Waals surface area contributed by atoms with Crippen LogP contribution in [0.2, 0.25) is 5.02 Å². The smallest absolute Gasteiger partial charge is 0.414 e. The van der Waals surface area contributed by atoms with Gasteiger partial charge in [0.1, 0.15) is 12.6 Å². The Bertz CT molecular complexity index is 835. The van der Waals surface area contributed by atoms with Gasteiger partial charge in [0.15, 0.2) is 6.04 Å². The highest BCUT2D eigenvalue weighted by Crippen LogP contribution is 2.35. The quantitative estimate of drug-likeness (QED) is 0.795. The highest BCUT2D eigenvalue weighted by molar-refractivity contribution is 6.30. The molecule has 1 aromatic heterocycles. The minimum atomic E-state index is -4.51. The molecule has 3 N–H and O–H groups in total.